The van der Waals surface area contributed by atoms with Gasteiger partial charge in [-0.25, -0.2) is 0 Å². The van der Waals surface area contributed by atoms with Crippen molar-refractivity contribution in [3.8, 4) is 11.5 Å². The van der Waals surface area contributed by atoms with Crippen molar-refractivity contribution in [1.29, 1.82) is 0 Å². The van der Waals surface area contributed by atoms with Gasteiger partial charge in [0.05, 0.1) is 13.7 Å². The zero-order chi connectivity index (χ0) is 15.9. The van der Waals surface area contributed by atoms with Crippen LogP contribution in [0.3, 0.4) is 0 Å². The molecule has 0 bridgehead atoms. The summed E-state index contributed by atoms with van der Waals surface area (Å²) in [5.41, 5.74) is 3.41. The number of benzene rings is 2. The Morgan fingerprint density at radius 1 is 1.14 bits per heavy atom. The lowest BCUT2D eigenvalue weighted by molar-refractivity contribution is 0.291. The molecule has 0 saturated heterocycles. The molecule has 1 N–H and O–H groups in total. The third kappa shape index (κ3) is 4.41. The van der Waals surface area contributed by atoms with Crippen LogP contribution in [0.2, 0.25) is 0 Å². The molecule has 0 radical (unpaired) electrons. The number of methoxy groups -OCH3 is 1. The maximum atomic E-state index is 5.89. The molecule has 0 spiro atoms. The normalized spacial score (nSPS) is 10.4. The molecule has 3 nitrogen and oxygen atoms in total. The topological polar surface area (TPSA) is 30.5 Å². The minimum absolute atomic E-state index is 0.676. The second-order valence-electron chi connectivity index (χ2n) is 5.16. The minimum atomic E-state index is 0.676. The summed E-state index contributed by atoms with van der Waals surface area (Å²) in [7, 11) is 1.66. The molecule has 0 amide bonds. The van der Waals surface area contributed by atoms with Gasteiger partial charge in [0.1, 0.15) is 0 Å². The zero-order valence-corrected chi connectivity index (χ0v) is 14.9. The highest BCUT2D eigenvalue weighted by atomic mass is 79.9. The highest BCUT2D eigenvalue weighted by Crippen LogP contribution is 2.35. The monoisotopic (exact) mass is 363 g/mol. The molecule has 4 heteroatoms. The van der Waals surface area contributed by atoms with Gasteiger partial charge in [-0.3, -0.25) is 0 Å². The standard InChI is InChI=1S/C18H22BrNO2/c1-4-9-22-18-14(10-15(19)11-17(18)21-3)12-20-16-7-5-13(2)6-8-16/h5-8,10-11,20H,4,9,12H2,1-3H3. The van der Waals surface area contributed by atoms with Gasteiger partial charge in [-0.2, -0.15) is 0 Å². The molecule has 2 rings (SSSR count). The summed E-state index contributed by atoms with van der Waals surface area (Å²) in [5, 5.41) is 3.43. The van der Waals surface area contributed by atoms with Crippen molar-refractivity contribution in [2.24, 2.45) is 0 Å². The van der Waals surface area contributed by atoms with Crippen molar-refractivity contribution in [1.82, 2.24) is 0 Å². The summed E-state index contributed by atoms with van der Waals surface area (Å²) in [5.74, 6) is 1.57. The van der Waals surface area contributed by atoms with E-state index in [0.717, 1.165) is 33.6 Å². The Hall–Kier alpha value is -1.68. The molecular weight excluding hydrogens is 342 g/mol. The van der Waals surface area contributed by atoms with E-state index in [4.69, 9.17) is 9.47 Å². The molecule has 2 aromatic carbocycles. The van der Waals surface area contributed by atoms with E-state index in [1.165, 1.54) is 5.56 Å². The van der Waals surface area contributed by atoms with E-state index in [9.17, 15) is 0 Å². The molecule has 0 fully saturated rings. The molecule has 2 aromatic rings. The van der Waals surface area contributed by atoms with E-state index in [2.05, 4.69) is 65.4 Å². The average molecular weight is 364 g/mol. The number of ether oxygens (including phenoxy) is 2. The number of hydrogen-bond acceptors (Lipinski definition) is 3. The average Bonchev–Trinajstić information content (AvgIpc) is 2.52. The van der Waals surface area contributed by atoms with Gasteiger partial charge in [0.15, 0.2) is 11.5 Å². The largest absolute Gasteiger partial charge is 0.493 e. The molecule has 0 unspecified atom stereocenters. The first-order valence-electron chi connectivity index (χ1n) is 7.43. The van der Waals surface area contributed by atoms with E-state index in [0.29, 0.717) is 13.2 Å². The Labute approximate surface area is 140 Å². The van der Waals surface area contributed by atoms with Crippen LogP contribution in [0, 0.1) is 6.92 Å². The fourth-order valence-electron chi connectivity index (χ4n) is 2.14. The molecule has 118 valence electrons. The van der Waals surface area contributed by atoms with Crippen molar-refractivity contribution in [2.75, 3.05) is 19.0 Å². The van der Waals surface area contributed by atoms with E-state index in [1.807, 2.05) is 6.07 Å². The van der Waals surface area contributed by atoms with Gasteiger partial charge in [-0.1, -0.05) is 40.5 Å². The first kappa shape index (κ1) is 16.7. The van der Waals surface area contributed by atoms with Crippen LogP contribution in [0.25, 0.3) is 0 Å². The maximum absolute atomic E-state index is 5.89. The van der Waals surface area contributed by atoms with Gasteiger partial charge in [-0.05, 0) is 37.6 Å². The third-order valence-electron chi connectivity index (χ3n) is 3.30. The molecule has 0 saturated carbocycles. The van der Waals surface area contributed by atoms with Crippen molar-refractivity contribution in [3.63, 3.8) is 0 Å². The summed E-state index contributed by atoms with van der Waals surface area (Å²) >= 11 is 3.53. The van der Waals surface area contributed by atoms with Crippen molar-refractivity contribution < 1.29 is 9.47 Å². The molecule has 0 atom stereocenters. The number of halogens is 1. The van der Waals surface area contributed by atoms with Gasteiger partial charge < -0.3 is 14.8 Å². The Morgan fingerprint density at radius 3 is 2.50 bits per heavy atom. The van der Waals surface area contributed by atoms with Gasteiger partial charge in [0.2, 0.25) is 0 Å². The summed E-state index contributed by atoms with van der Waals surface area (Å²) in [6.45, 7) is 5.53. The van der Waals surface area contributed by atoms with E-state index in [1.54, 1.807) is 7.11 Å². The van der Waals surface area contributed by atoms with Crippen LogP contribution >= 0.6 is 15.9 Å². The molecule has 0 aromatic heterocycles. The van der Waals surface area contributed by atoms with Crippen molar-refractivity contribution in [3.05, 3.63) is 52.0 Å². The first-order chi connectivity index (χ1) is 10.6. The lowest BCUT2D eigenvalue weighted by Crippen LogP contribution is -2.06. The highest BCUT2D eigenvalue weighted by Gasteiger charge is 2.12. The molecule has 22 heavy (non-hydrogen) atoms. The van der Waals surface area contributed by atoms with Crippen LogP contribution in [0.4, 0.5) is 5.69 Å². The number of hydrogen-bond donors (Lipinski definition) is 1. The smallest absolute Gasteiger partial charge is 0.166 e. The maximum Gasteiger partial charge on any atom is 0.166 e. The Bertz CT molecular complexity index is 611. The minimum Gasteiger partial charge on any atom is -0.493 e. The molecule has 0 aliphatic heterocycles. The Kier molecular flexibility index (Phi) is 6.13. The van der Waals surface area contributed by atoms with Crippen LogP contribution in [0.5, 0.6) is 11.5 Å². The van der Waals surface area contributed by atoms with Crippen molar-refractivity contribution in [2.45, 2.75) is 26.8 Å². The first-order valence-corrected chi connectivity index (χ1v) is 8.23. The second kappa shape index (κ2) is 8.08. The lowest BCUT2D eigenvalue weighted by atomic mass is 10.1. The molecule has 0 aliphatic rings. The zero-order valence-electron chi connectivity index (χ0n) is 13.3. The lowest BCUT2D eigenvalue weighted by Gasteiger charge is -2.16. The van der Waals surface area contributed by atoms with Crippen LogP contribution in [-0.2, 0) is 6.54 Å². The summed E-state index contributed by atoms with van der Waals surface area (Å²) in [4.78, 5) is 0. The second-order valence-corrected chi connectivity index (χ2v) is 6.08. The van der Waals surface area contributed by atoms with E-state index >= 15 is 0 Å². The van der Waals surface area contributed by atoms with Gasteiger partial charge in [-0.15, -0.1) is 0 Å². The fraction of sp³-hybridized carbons (Fsp3) is 0.333. The predicted octanol–water partition coefficient (Wildman–Crippen LogP) is 5.17. The quantitative estimate of drug-likeness (QED) is 0.736. The van der Waals surface area contributed by atoms with E-state index < -0.39 is 0 Å². The molecule has 0 aliphatic carbocycles. The van der Waals surface area contributed by atoms with Crippen LogP contribution < -0.4 is 14.8 Å². The van der Waals surface area contributed by atoms with Gasteiger partial charge in [0.25, 0.3) is 0 Å². The third-order valence-corrected chi connectivity index (χ3v) is 3.76. The summed E-state index contributed by atoms with van der Waals surface area (Å²) in [6.07, 6.45) is 0.962. The Balaban J connectivity index is 2.20. The number of nitrogens with one attached hydrogen (secondary N) is 1. The Morgan fingerprint density at radius 2 is 1.86 bits per heavy atom. The van der Waals surface area contributed by atoms with Gasteiger partial charge in [0, 0.05) is 22.3 Å². The van der Waals surface area contributed by atoms with Crippen LogP contribution in [0.1, 0.15) is 24.5 Å². The predicted molar refractivity (Wildman–Crippen MR) is 95.0 cm³/mol. The molecule has 0 heterocycles. The summed E-state index contributed by atoms with van der Waals surface area (Å²) in [6, 6.07) is 12.3. The summed E-state index contributed by atoms with van der Waals surface area (Å²) < 4.78 is 12.3. The van der Waals surface area contributed by atoms with E-state index in [-0.39, 0.29) is 0 Å². The number of anilines is 1. The number of rotatable bonds is 7. The SMILES string of the molecule is CCCOc1c(CNc2ccc(C)cc2)cc(Br)cc1OC. The van der Waals surface area contributed by atoms with Crippen molar-refractivity contribution >= 4 is 21.6 Å². The molecular formula is C18H22BrNO2. The van der Waals surface area contributed by atoms with Crippen LogP contribution in [-0.4, -0.2) is 13.7 Å². The van der Waals surface area contributed by atoms with Gasteiger partial charge >= 0.3 is 0 Å². The highest BCUT2D eigenvalue weighted by molar-refractivity contribution is 9.10. The fourth-order valence-corrected chi connectivity index (χ4v) is 2.63. The number of aryl methyl sites for hydroxylation is 1. The van der Waals surface area contributed by atoms with Crippen LogP contribution in [0.15, 0.2) is 40.9 Å².